The molecule has 134 valence electrons. The van der Waals surface area contributed by atoms with Gasteiger partial charge in [0.2, 0.25) is 0 Å². The number of hydrogen-bond donors (Lipinski definition) is 0. The maximum Gasteiger partial charge on any atom is 0.257 e. The molecule has 2 saturated heterocycles. The number of aromatic nitrogens is 2. The Hall–Kier alpha value is -1.40. The van der Waals surface area contributed by atoms with E-state index in [4.69, 9.17) is 4.74 Å². The molecule has 24 heavy (non-hydrogen) atoms. The molecule has 3 heterocycles. The number of carbonyl (C=O) groups is 1. The number of nitrogens with zero attached hydrogens (tertiary/aromatic N) is 4. The molecule has 6 heteroatoms. The monoisotopic (exact) mass is 334 g/mol. The van der Waals surface area contributed by atoms with E-state index in [0.717, 1.165) is 56.2 Å². The van der Waals surface area contributed by atoms with E-state index >= 15 is 0 Å². The molecule has 0 aliphatic carbocycles. The van der Waals surface area contributed by atoms with E-state index in [2.05, 4.69) is 10.00 Å². The van der Waals surface area contributed by atoms with E-state index in [-0.39, 0.29) is 12.0 Å². The summed E-state index contributed by atoms with van der Waals surface area (Å²) in [5, 5.41) is 4.39. The molecule has 1 amide bonds. The topological polar surface area (TPSA) is 50.6 Å². The van der Waals surface area contributed by atoms with Crippen molar-refractivity contribution in [3.63, 3.8) is 0 Å². The quantitative estimate of drug-likeness (QED) is 0.845. The fourth-order valence-electron chi connectivity index (χ4n) is 3.86. The first-order chi connectivity index (χ1) is 11.6. The highest BCUT2D eigenvalue weighted by molar-refractivity contribution is 5.96. The number of amides is 1. The lowest BCUT2D eigenvalue weighted by Gasteiger charge is -2.31. The highest BCUT2D eigenvalue weighted by Crippen LogP contribution is 2.18. The smallest absolute Gasteiger partial charge is 0.257 e. The van der Waals surface area contributed by atoms with Gasteiger partial charge in [-0.05, 0) is 46.2 Å². The second-order valence-electron chi connectivity index (χ2n) is 7.13. The van der Waals surface area contributed by atoms with Gasteiger partial charge in [-0.15, -0.1) is 0 Å². The normalized spacial score (nSPS) is 23.3. The van der Waals surface area contributed by atoms with Crippen molar-refractivity contribution in [1.29, 1.82) is 0 Å². The van der Waals surface area contributed by atoms with Gasteiger partial charge in [0.25, 0.3) is 5.91 Å². The van der Waals surface area contributed by atoms with Crippen LogP contribution in [0.25, 0.3) is 0 Å². The number of likely N-dealkylation sites (tertiary alicyclic amines) is 1. The molecular weight excluding hydrogens is 304 g/mol. The van der Waals surface area contributed by atoms with E-state index < -0.39 is 0 Å². The summed E-state index contributed by atoms with van der Waals surface area (Å²) in [6.45, 7) is 9.34. The molecule has 0 bridgehead atoms. The van der Waals surface area contributed by atoms with Gasteiger partial charge in [-0.3, -0.25) is 9.48 Å². The van der Waals surface area contributed by atoms with Crippen LogP contribution in [0.15, 0.2) is 0 Å². The first-order valence-corrected chi connectivity index (χ1v) is 9.19. The summed E-state index contributed by atoms with van der Waals surface area (Å²) in [5.74, 6) is 0.104. The number of aryl methyl sites for hydroxylation is 2. The third kappa shape index (κ3) is 3.81. The molecule has 2 fully saturated rings. The van der Waals surface area contributed by atoms with Crippen molar-refractivity contribution in [2.75, 3.05) is 39.3 Å². The Labute approximate surface area is 144 Å². The Morgan fingerprint density at radius 2 is 1.92 bits per heavy atom. The predicted octanol–water partition coefficient (Wildman–Crippen LogP) is 1.75. The van der Waals surface area contributed by atoms with Crippen molar-refractivity contribution in [2.45, 2.75) is 45.6 Å². The molecule has 0 radical (unpaired) electrons. The first-order valence-electron chi connectivity index (χ1n) is 9.19. The van der Waals surface area contributed by atoms with E-state index in [1.807, 2.05) is 25.8 Å². The van der Waals surface area contributed by atoms with Crippen LogP contribution in [-0.2, 0) is 11.8 Å². The molecule has 1 aromatic rings. The van der Waals surface area contributed by atoms with Gasteiger partial charge in [-0.1, -0.05) is 6.42 Å². The number of carbonyl (C=O) groups excluding carboxylic acids is 1. The molecule has 0 saturated carbocycles. The van der Waals surface area contributed by atoms with Crippen molar-refractivity contribution >= 4 is 5.91 Å². The molecule has 0 spiro atoms. The lowest BCUT2D eigenvalue weighted by Crippen LogP contribution is -2.44. The molecule has 1 aromatic heterocycles. The Kier molecular flexibility index (Phi) is 5.56. The number of ether oxygens (including phenoxy) is 1. The minimum atomic E-state index is 0.104. The van der Waals surface area contributed by atoms with Crippen LogP contribution in [0.2, 0.25) is 0 Å². The largest absolute Gasteiger partial charge is 0.375 e. The van der Waals surface area contributed by atoms with Crippen LogP contribution in [-0.4, -0.2) is 70.9 Å². The van der Waals surface area contributed by atoms with Crippen LogP contribution in [0.4, 0.5) is 0 Å². The lowest BCUT2D eigenvalue weighted by atomic mass is 10.1. The summed E-state index contributed by atoms with van der Waals surface area (Å²) >= 11 is 0. The highest BCUT2D eigenvalue weighted by Gasteiger charge is 2.28. The van der Waals surface area contributed by atoms with Gasteiger partial charge < -0.3 is 14.5 Å². The predicted molar refractivity (Wildman–Crippen MR) is 93.2 cm³/mol. The maximum atomic E-state index is 13.0. The zero-order valence-electron chi connectivity index (χ0n) is 15.3. The van der Waals surface area contributed by atoms with Crippen molar-refractivity contribution in [2.24, 2.45) is 7.05 Å². The summed E-state index contributed by atoms with van der Waals surface area (Å²) < 4.78 is 7.83. The van der Waals surface area contributed by atoms with Gasteiger partial charge in [0.15, 0.2) is 0 Å². The fourth-order valence-corrected chi connectivity index (χ4v) is 3.86. The first kappa shape index (κ1) is 17.4. The number of hydrogen-bond acceptors (Lipinski definition) is 4. The Morgan fingerprint density at radius 3 is 2.58 bits per heavy atom. The van der Waals surface area contributed by atoms with Gasteiger partial charge >= 0.3 is 0 Å². The van der Waals surface area contributed by atoms with Crippen LogP contribution in [0.3, 0.4) is 0 Å². The molecule has 0 aromatic carbocycles. The second kappa shape index (κ2) is 7.66. The summed E-state index contributed by atoms with van der Waals surface area (Å²) in [4.78, 5) is 17.5. The molecule has 2 aliphatic rings. The third-order valence-corrected chi connectivity index (χ3v) is 5.27. The SMILES string of the molecule is Cc1nn(C)c(C)c1C(=O)N1CCCOC(CN2CCCCC2)C1. The van der Waals surface area contributed by atoms with Gasteiger partial charge in [0, 0.05) is 39.0 Å². The van der Waals surface area contributed by atoms with Crippen LogP contribution in [0.5, 0.6) is 0 Å². The molecular formula is C18H30N4O2. The highest BCUT2D eigenvalue weighted by atomic mass is 16.5. The Bertz CT molecular complexity index is 578. The molecule has 1 atom stereocenters. The minimum absolute atomic E-state index is 0.104. The van der Waals surface area contributed by atoms with Crippen molar-refractivity contribution in [1.82, 2.24) is 19.6 Å². The standard InChI is InChI=1S/C18H30N4O2/c1-14-17(15(2)20(3)19-14)18(23)22-10-7-11-24-16(13-22)12-21-8-5-4-6-9-21/h16H,4-13H2,1-3H3. The summed E-state index contributed by atoms with van der Waals surface area (Å²) in [5.41, 5.74) is 2.52. The van der Waals surface area contributed by atoms with Gasteiger partial charge in [-0.2, -0.15) is 5.10 Å². The molecule has 2 aliphatic heterocycles. The molecule has 6 nitrogen and oxygen atoms in total. The Morgan fingerprint density at radius 1 is 1.17 bits per heavy atom. The zero-order valence-corrected chi connectivity index (χ0v) is 15.3. The third-order valence-electron chi connectivity index (χ3n) is 5.27. The van der Waals surface area contributed by atoms with Crippen molar-refractivity contribution in [3.8, 4) is 0 Å². The van der Waals surface area contributed by atoms with Crippen LogP contribution < -0.4 is 0 Å². The minimum Gasteiger partial charge on any atom is -0.375 e. The summed E-state index contributed by atoms with van der Waals surface area (Å²) in [6.07, 6.45) is 4.92. The van der Waals surface area contributed by atoms with Crippen LogP contribution >= 0.6 is 0 Å². The van der Waals surface area contributed by atoms with E-state index in [0.29, 0.717) is 6.54 Å². The molecule has 1 unspecified atom stereocenters. The van der Waals surface area contributed by atoms with Gasteiger partial charge in [-0.25, -0.2) is 0 Å². The zero-order chi connectivity index (χ0) is 17.1. The molecule has 0 N–H and O–H groups in total. The van der Waals surface area contributed by atoms with E-state index in [9.17, 15) is 4.79 Å². The Balaban J connectivity index is 1.68. The average molecular weight is 334 g/mol. The van der Waals surface area contributed by atoms with Crippen LogP contribution in [0.1, 0.15) is 47.4 Å². The van der Waals surface area contributed by atoms with E-state index in [1.165, 1.54) is 19.3 Å². The number of rotatable bonds is 3. The van der Waals surface area contributed by atoms with Crippen molar-refractivity contribution in [3.05, 3.63) is 17.0 Å². The second-order valence-corrected chi connectivity index (χ2v) is 7.13. The summed E-state index contributed by atoms with van der Waals surface area (Å²) in [6, 6.07) is 0. The molecule has 3 rings (SSSR count). The average Bonchev–Trinajstić information content (AvgIpc) is 2.74. The van der Waals surface area contributed by atoms with Crippen molar-refractivity contribution < 1.29 is 9.53 Å². The number of piperidine rings is 1. The van der Waals surface area contributed by atoms with Gasteiger partial charge in [0.1, 0.15) is 0 Å². The maximum absolute atomic E-state index is 13.0. The summed E-state index contributed by atoms with van der Waals surface area (Å²) in [7, 11) is 1.89. The van der Waals surface area contributed by atoms with Crippen LogP contribution in [0, 0.1) is 13.8 Å². The lowest BCUT2D eigenvalue weighted by molar-refractivity contribution is 0.0216. The fraction of sp³-hybridized carbons (Fsp3) is 0.778. The van der Waals surface area contributed by atoms with E-state index in [1.54, 1.807) is 4.68 Å². The van der Waals surface area contributed by atoms with Gasteiger partial charge in [0.05, 0.1) is 17.4 Å².